The van der Waals surface area contributed by atoms with E-state index < -0.39 is 0 Å². The molecule has 1 aromatic rings. The van der Waals surface area contributed by atoms with Gasteiger partial charge in [-0.15, -0.1) is 0 Å². The lowest BCUT2D eigenvalue weighted by Gasteiger charge is -2.06. The third kappa shape index (κ3) is 6.40. The van der Waals surface area contributed by atoms with E-state index in [1.54, 1.807) is 6.92 Å². The maximum absolute atomic E-state index is 11.2. The largest absolute Gasteiger partial charge is 0.338 e. The van der Waals surface area contributed by atoms with Gasteiger partial charge in [-0.05, 0) is 31.7 Å². The van der Waals surface area contributed by atoms with Gasteiger partial charge in [-0.2, -0.15) is 0 Å². The molecule has 1 rings (SSSR count). The predicted octanol–water partition coefficient (Wildman–Crippen LogP) is 2.84. The summed E-state index contributed by atoms with van der Waals surface area (Å²) >= 11 is 0. The summed E-state index contributed by atoms with van der Waals surface area (Å²) in [4.78, 5) is 11.2. The number of aryl methyl sites for hydroxylation is 1. The molecule has 0 aromatic heterocycles. The summed E-state index contributed by atoms with van der Waals surface area (Å²) in [7, 11) is 0. The van der Waals surface area contributed by atoms with E-state index in [0.717, 1.165) is 19.3 Å². The van der Waals surface area contributed by atoms with Gasteiger partial charge in [0.2, 0.25) is 0 Å². The molecule has 17 heavy (non-hydrogen) atoms. The van der Waals surface area contributed by atoms with Crippen LogP contribution in [0.3, 0.4) is 0 Å². The molecule has 0 aliphatic heterocycles. The van der Waals surface area contributed by atoms with Gasteiger partial charge in [0.05, 0.1) is 0 Å². The van der Waals surface area contributed by atoms with Gasteiger partial charge in [0, 0.05) is 12.2 Å². The first-order valence-electron chi connectivity index (χ1n) is 5.93. The molecular weight excluding hydrogens is 212 g/mol. The van der Waals surface area contributed by atoms with E-state index in [2.05, 4.69) is 29.3 Å². The molecule has 3 heteroatoms. The molecule has 2 N–H and O–H groups in total. The summed E-state index contributed by atoms with van der Waals surface area (Å²) < 4.78 is 0. The van der Waals surface area contributed by atoms with Crippen molar-refractivity contribution >= 4 is 6.03 Å². The lowest BCUT2D eigenvalue weighted by atomic mass is 10.1. The van der Waals surface area contributed by atoms with Crippen LogP contribution in [0.25, 0.3) is 0 Å². The van der Waals surface area contributed by atoms with Crippen molar-refractivity contribution in [1.29, 1.82) is 0 Å². The van der Waals surface area contributed by atoms with Gasteiger partial charge in [-0.3, -0.25) is 0 Å². The van der Waals surface area contributed by atoms with Crippen LogP contribution in [0.4, 0.5) is 4.79 Å². The number of rotatable bonds is 6. The molecule has 3 nitrogen and oxygen atoms in total. The summed E-state index contributed by atoms with van der Waals surface area (Å²) in [6.45, 7) is 6.07. The molecule has 0 spiro atoms. The molecule has 1 aromatic carbocycles. The zero-order chi connectivity index (χ0) is 12.5. The van der Waals surface area contributed by atoms with Crippen molar-refractivity contribution in [2.24, 2.45) is 0 Å². The normalized spacial score (nSPS) is 9.71. The number of carbonyl (C=O) groups is 1. The van der Waals surface area contributed by atoms with E-state index in [1.807, 2.05) is 18.2 Å². The van der Waals surface area contributed by atoms with Gasteiger partial charge in [0.25, 0.3) is 0 Å². The third-order valence-electron chi connectivity index (χ3n) is 2.35. The minimum absolute atomic E-state index is 0.169. The van der Waals surface area contributed by atoms with Gasteiger partial charge in [-0.25, -0.2) is 4.79 Å². The number of benzene rings is 1. The van der Waals surface area contributed by atoms with Crippen LogP contribution in [-0.2, 0) is 6.42 Å². The zero-order valence-electron chi connectivity index (χ0n) is 10.3. The Kier molecular flexibility index (Phi) is 5.86. The Morgan fingerprint density at radius 1 is 1.24 bits per heavy atom. The van der Waals surface area contributed by atoms with Crippen LogP contribution in [0.15, 0.2) is 42.6 Å². The first kappa shape index (κ1) is 13.3. The van der Waals surface area contributed by atoms with Crippen molar-refractivity contribution < 1.29 is 4.79 Å². The second-order valence-electron chi connectivity index (χ2n) is 4.10. The van der Waals surface area contributed by atoms with E-state index in [4.69, 9.17) is 0 Å². The highest BCUT2D eigenvalue weighted by Gasteiger charge is 1.98. The van der Waals surface area contributed by atoms with Crippen molar-refractivity contribution in [3.05, 3.63) is 48.2 Å². The fourth-order valence-corrected chi connectivity index (χ4v) is 1.54. The van der Waals surface area contributed by atoms with E-state index >= 15 is 0 Å². The first-order valence-corrected chi connectivity index (χ1v) is 5.93. The Bertz CT molecular complexity index is 360. The highest BCUT2D eigenvalue weighted by Crippen LogP contribution is 2.03. The molecule has 0 atom stereocenters. The van der Waals surface area contributed by atoms with Crippen molar-refractivity contribution in [2.75, 3.05) is 6.54 Å². The van der Waals surface area contributed by atoms with Gasteiger partial charge < -0.3 is 10.6 Å². The Morgan fingerprint density at radius 3 is 2.59 bits per heavy atom. The Morgan fingerprint density at radius 2 is 1.94 bits per heavy atom. The average molecular weight is 232 g/mol. The maximum atomic E-state index is 11.2. The van der Waals surface area contributed by atoms with E-state index in [9.17, 15) is 4.79 Å². The molecule has 0 fully saturated rings. The number of hydrogen-bond acceptors (Lipinski definition) is 1. The molecule has 2 amide bonds. The summed E-state index contributed by atoms with van der Waals surface area (Å²) in [6.07, 6.45) is 3.13. The minimum atomic E-state index is -0.169. The van der Waals surface area contributed by atoms with Crippen molar-refractivity contribution in [3.63, 3.8) is 0 Å². The predicted molar refractivity (Wildman–Crippen MR) is 70.7 cm³/mol. The Hall–Kier alpha value is -1.77. The first-order chi connectivity index (χ1) is 8.18. The van der Waals surface area contributed by atoms with Gasteiger partial charge >= 0.3 is 6.03 Å². The molecule has 0 radical (unpaired) electrons. The zero-order valence-corrected chi connectivity index (χ0v) is 10.3. The fraction of sp³-hybridized carbons (Fsp3) is 0.357. The molecule has 0 heterocycles. The van der Waals surface area contributed by atoms with Crippen LogP contribution < -0.4 is 10.6 Å². The fourth-order valence-electron chi connectivity index (χ4n) is 1.54. The molecule has 0 aliphatic carbocycles. The number of carbonyl (C=O) groups excluding carboxylic acids is 1. The molecule has 0 aliphatic rings. The summed E-state index contributed by atoms with van der Waals surface area (Å²) in [5.74, 6) is 0. The Balaban J connectivity index is 2.05. The van der Waals surface area contributed by atoms with E-state index in [-0.39, 0.29) is 6.03 Å². The summed E-state index contributed by atoms with van der Waals surface area (Å²) in [5.41, 5.74) is 2.01. The number of urea groups is 1. The van der Waals surface area contributed by atoms with Crippen LogP contribution in [0, 0.1) is 0 Å². The maximum Gasteiger partial charge on any atom is 0.318 e. The number of hydrogen-bond donors (Lipinski definition) is 2. The van der Waals surface area contributed by atoms with E-state index in [1.165, 1.54) is 5.56 Å². The molecular formula is C14H20N2O. The molecule has 0 unspecified atom stereocenters. The standard InChI is InChI=1S/C14H20N2O/c1-12(2)16-14(17)15-11-7-6-10-13-8-4-3-5-9-13/h3-5,8-9H,1,6-7,10-11H2,2H3,(H2,15,16,17). The second kappa shape index (κ2) is 7.49. The minimum Gasteiger partial charge on any atom is -0.338 e. The molecule has 92 valence electrons. The summed E-state index contributed by atoms with van der Waals surface area (Å²) in [5, 5.41) is 5.40. The number of nitrogens with one attached hydrogen (secondary N) is 2. The number of allylic oxidation sites excluding steroid dienone is 1. The summed E-state index contributed by atoms with van der Waals surface area (Å²) in [6, 6.07) is 10.2. The lowest BCUT2D eigenvalue weighted by molar-refractivity contribution is 0.243. The van der Waals surface area contributed by atoms with Crippen LogP contribution in [0.1, 0.15) is 25.3 Å². The third-order valence-corrected chi connectivity index (χ3v) is 2.35. The molecule has 0 bridgehead atoms. The number of unbranched alkanes of at least 4 members (excludes halogenated alkanes) is 1. The monoisotopic (exact) mass is 232 g/mol. The average Bonchev–Trinajstić information content (AvgIpc) is 2.29. The van der Waals surface area contributed by atoms with Crippen molar-refractivity contribution in [2.45, 2.75) is 26.2 Å². The highest BCUT2D eigenvalue weighted by molar-refractivity contribution is 5.75. The Labute approximate surface area is 103 Å². The van der Waals surface area contributed by atoms with Gasteiger partial charge in [0.1, 0.15) is 0 Å². The number of amides is 2. The topological polar surface area (TPSA) is 41.1 Å². The SMILES string of the molecule is C=C(C)NC(=O)NCCCCc1ccccc1. The van der Waals surface area contributed by atoms with Gasteiger partial charge in [-0.1, -0.05) is 36.9 Å². The second-order valence-corrected chi connectivity index (χ2v) is 4.10. The molecule has 0 saturated heterocycles. The molecule has 0 saturated carbocycles. The van der Waals surface area contributed by atoms with Crippen LogP contribution in [0.5, 0.6) is 0 Å². The highest BCUT2D eigenvalue weighted by atomic mass is 16.2. The van der Waals surface area contributed by atoms with Crippen LogP contribution >= 0.6 is 0 Å². The smallest absolute Gasteiger partial charge is 0.318 e. The van der Waals surface area contributed by atoms with Gasteiger partial charge in [0.15, 0.2) is 0 Å². The van der Waals surface area contributed by atoms with Crippen LogP contribution in [-0.4, -0.2) is 12.6 Å². The lowest BCUT2D eigenvalue weighted by Crippen LogP contribution is -2.34. The van der Waals surface area contributed by atoms with E-state index in [0.29, 0.717) is 12.2 Å². The van der Waals surface area contributed by atoms with Crippen molar-refractivity contribution in [3.8, 4) is 0 Å². The van der Waals surface area contributed by atoms with Crippen LogP contribution in [0.2, 0.25) is 0 Å². The quantitative estimate of drug-likeness (QED) is 0.727. The van der Waals surface area contributed by atoms with Crippen molar-refractivity contribution in [1.82, 2.24) is 10.6 Å².